The highest BCUT2D eigenvalue weighted by Gasteiger charge is 2.28. The van der Waals surface area contributed by atoms with E-state index in [0.29, 0.717) is 6.10 Å². The van der Waals surface area contributed by atoms with Crippen LogP contribution in [0.1, 0.15) is 39.5 Å². The summed E-state index contributed by atoms with van der Waals surface area (Å²) >= 11 is 0. The second-order valence-electron chi connectivity index (χ2n) is 3.78. The van der Waals surface area contributed by atoms with Crippen LogP contribution >= 0.6 is 0 Å². The van der Waals surface area contributed by atoms with E-state index in [4.69, 9.17) is 4.74 Å². The van der Waals surface area contributed by atoms with Gasteiger partial charge in [-0.25, -0.2) is 0 Å². The van der Waals surface area contributed by atoms with E-state index in [-0.39, 0.29) is 0 Å². The predicted octanol–water partition coefficient (Wildman–Crippen LogP) is 2.85. The van der Waals surface area contributed by atoms with Crippen LogP contribution in [-0.4, -0.2) is 13.2 Å². The molecule has 1 rings (SSSR count). The summed E-state index contributed by atoms with van der Waals surface area (Å²) in [6, 6.07) is 0. The minimum Gasteiger partial charge on any atom is -0.381 e. The molecular weight excluding hydrogens is 136 g/mol. The van der Waals surface area contributed by atoms with Gasteiger partial charge in [0.05, 0.1) is 6.10 Å². The van der Waals surface area contributed by atoms with Crippen LogP contribution in [0.2, 0.25) is 0 Å². The first-order valence-electron chi connectivity index (χ1n) is 4.82. The van der Waals surface area contributed by atoms with Crippen molar-refractivity contribution in [3.05, 3.63) is 0 Å². The molecule has 0 aromatic heterocycles. The van der Waals surface area contributed by atoms with Gasteiger partial charge in [-0.1, -0.05) is 26.7 Å². The fraction of sp³-hybridized carbons (Fsp3) is 1.00. The zero-order chi connectivity index (χ0) is 8.27. The Morgan fingerprint density at radius 3 is 2.55 bits per heavy atom. The molecule has 66 valence electrons. The molecule has 1 aliphatic carbocycles. The number of hydrogen-bond donors (Lipinski definition) is 0. The number of hydrogen-bond acceptors (Lipinski definition) is 1. The van der Waals surface area contributed by atoms with Crippen LogP contribution in [0.3, 0.4) is 0 Å². The maximum Gasteiger partial charge on any atom is 0.0624 e. The molecule has 0 spiro atoms. The maximum absolute atomic E-state index is 5.51. The van der Waals surface area contributed by atoms with E-state index in [2.05, 4.69) is 13.8 Å². The first-order chi connectivity index (χ1) is 5.29. The summed E-state index contributed by atoms with van der Waals surface area (Å²) in [5.74, 6) is 1.60. The third-order valence-corrected chi connectivity index (χ3v) is 3.06. The Hall–Kier alpha value is -0.0400. The average Bonchev–Trinajstić information content (AvgIpc) is 2.04. The fourth-order valence-electron chi connectivity index (χ4n) is 2.36. The minimum absolute atomic E-state index is 0.536. The van der Waals surface area contributed by atoms with Crippen LogP contribution in [0.5, 0.6) is 0 Å². The topological polar surface area (TPSA) is 9.23 Å². The molecule has 1 heteroatoms. The van der Waals surface area contributed by atoms with Crippen LogP contribution in [0, 0.1) is 11.8 Å². The normalized spacial score (nSPS) is 39.0. The average molecular weight is 156 g/mol. The molecular formula is C10H20O. The van der Waals surface area contributed by atoms with Gasteiger partial charge >= 0.3 is 0 Å². The van der Waals surface area contributed by atoms with E-state index in [9.17, 15) is 0 Å². The lowest BCUT2D eigenvalue weighted by atomic mass is 9.78. The van der Waals surface area contributed by atoms with Gasteiger partial charge in [0.25, 0.3) is 0 Å². The third-order valence-electron chi connectivity index (χ3n) is 3.06. The molecule has 3 atom stereocenters. The van der Waals surface area contributed by atoms with E-state index in [1.165, 1.54) is 25.7 Å². The van der Waals surface area contributed by atoms with Crippen molar-refractivity contribution in [1.82, 2.24) is 0 Å². The molecule has 0 aliphatic heterocycles. The first-order valence-corrected chi connectivity index (χ1v) is 4.82. The SMILES string of the molecule is CCC1CCCC(C)C1OC. The Morgan fingerprint density at radius 2 is 2.09 bits per heavy atom. The minimum atomic E-state index is 0.536. The zero-order valence-corrected chi connectivity index (χ0v) is 7.97. The van der Waals surface area contributed by atoms with Gasteiger partial charge in [0.1, 0.15) is 0 Å². The second-order valence-corrected chi connectivity index (χ2v) is 3.78. The van der Waals surface area contributed by atoms with E-state index in [0.717, 1.165) is 11.8 Å². The Kier molecular flexibility index (Phi) is 3.38. The Morgan fingerprint density at radius 1 is 1.36 bits per heavy atom. The van der Waals surface area contributed by atoms with Gasteiger partial charge < -0.3 is 4.74 Å². The Bertz CT molecular complexity index is 111. The summed E-state index contributed by atoms with van der Waals surface area (Å²) in [7, 11) is 1.86. The summed E-state index contributed by atoms with van der Waals surface area (Å²) in [6.07, 6.45) is 5.95. The second kappa shape index (κ2) is 4.10. The molecule has 0 N–H and O–H groups in total. The first kappa shape index (κ1) is 9.05. The summed E-state index contributed by atoms with van der Waals surface area (Å²) in [6.45, 7) is 4.59. The van der Waals surface area contributed by atoms with Crippen molar-refractivity contribution in [2.24, 2.45) is 11.8 Å². The van der Waals surface area contributed by atoms with Crippen molar-refractivity contribution in [2.75, 3.05) is 7.11 Å². The fourth-order valence-corrected chi connectivity index (χ4v) is 2.36. The van der Waals surface area contributed by atoms with Gasteiger partial charge in [-0.3, -0.25) is 0 Å². The molecule has 0 aromatic rings. The van der Waals surface area contributed by atoms with Crippen molar-refractivity contribution in [3.63, 3.8) is 0 Å². The van der Waals surface area contributed by atoms with Crippen LogP contribution in [-0.2, 0) is 4.74 Å². The highest BCUT2D eigenvalue weighted by molar-refractivity contribution is 4.79. The van der Waals surface area contributed by atoms with Gasteiger partial charge in [-0.2, -0.15) is 0 Å². The largest absolute Gasteiger partial charge is 0.381 e. The molecule has 3 unspecified atom stereocenters. The number of rotatable bonds is 2. The van der Waals surface area contributed by atoms with Crippen LogP contribution in [0.25, 0.3) is 0 Å². The quantitative estimate of drug-likeness (QED) is 0.597. The van der Waals surface area contributed by atoms with E-state index >= 15 is 0 Å². The number of ether oxygens (including phenoxy) is 1. The lowest BCUT2D eigenvalue weighted by molar-refractivity contribution is -0.0148. The Labute approximate surface area is 70.1 Å². The van der Waals surface area contributed by atoms with Crippen molar-refractivity contribution < 1.29 is 4.74 Å². The Balaban J connectivity index is 2.48. The molecule has 1 nitrogen and oxygen atoms in total. The third kappa shape index (κ3) is 1.96. The maximum atomic E-state index is 5.51. The van der Waals surface area contributed by atoms with Crippen molar-refractivity contribution in [1.29, 1.82) is 0 Å². The van der Waals surface area contributed by atoms with Gasteiger partial charge in [0.15, 0.2) is 0 Å². The van der Waals surface area contributed by atoms with Gasteiger partial charge in [-0.15, -0.1) is 0 Å². The van der Waals surface area contributed by atoms with Crippen molar-refractivity contribution in [2.45, 2.75) is 45.6 Å². The lowest BCUT2D eigenvalue weighted by Gasteiger charge is -2.34. The summed E-state index contributed by atoms with van der Waals surface area (Å²) < 4.78 is 5.51. The molecule has 0 heterocycles. The smallest absolute Gasteiger partial charge is 0.0624 e. The van der Waals surface area contributed by atoms with Gasteiger partial charge in [-0.05, 0) is 24.7 Å². The van der Waals surface area contributed by atoms with Crippen molar-refractivity contribution in [3.8, 4) is 0 Å². The zero-order valence-electron chi connectivity index (χ0n) is 7.97. The molecule has 0 radical (unpaired) electrons. The van der Waals surface area contributed by atoms with Crippen LogP contribution in [0.4, 0.5) is 0 Å². The molecule has 0 amide bonds. The highest BCUT2D eigenvalue weighted by atomic mass is 16.5. The molecule has 11 heavy (non-hydrogen) atoms. The van der Waals surface area contributed by atoms with E-state index in [1.54, 1.807) is 0 Å². The molecule has 1 fully saturated rings. The number of methoxy groups -OCH3 is 1. The monoisotopic (exact) mass is 156 g/mol. The summed E-state index contributed by atoms with van der Waals surface area (Å²) in [5.41, 5.74) is 0. The molecule has 0 bridgehead atoms. The van der Waals surface area contributed by atoms with Gasteiger partial charge in [0.2, 0.25) is 0 Å². The summed E-state index contributed by atoms with van der Waals surface area (Å²) in [5, 5.41) is 0. The molecule has 1 saturated carbocycles. The van der Waals surface area contributed by atoms with Crippen LogP contribution in [0.15, 0.2) is 0 Å². The van der Waals surface area contributed by atoms with E-state index < -0.39 is 0 Å². The lowest BCUT2D eigenvalue weighted by Crippen LogP contribution is -2.33. The standard InChI is InChI=1S/C10H20O/c1-4-9-7-5-6-8(2)10(9)11-3/h8-10H,4-7H2,1-3H3. The highest BCUT2D eigenvalue weighted by Crippen LogP contribution is 2.32. The van der Waals surface area contributed by atoms with Crippen molar-refractivity contribution >= 4 is 0 Å². The molecule has 0 saturated heterocycles. The molecule has 1 aliphatic rings. The van der Waals surface area contributed by atoms with Gasteiger partial charge in [0, 0.05) is 7.11 Å². The van der Waals surface area contributed by atoms with E-state index in [1.807, 2.05) is 7.11 Å². The predicted molar refractivity (Wildman–Crippen MR) is 47.6 cm³/mol. The van der Waals surface area contributed by atoms with Crippen LogP contribution < -0.4 is 0 Å². The molecule has 0 aromatic carbocycles. The summed E-state index contributed by atoms with van der Waals surface area (Å²) in [4.78, 5) is 0.